The van der Waals surface area contributed by atoms with Crippen LogP contribution in [0.1, 0.15) is 16.7 Å². The van der Waals surface area contributed by atoms with Gasteiger partial charge in [0.25, 0.3) is 0 Å². The lowest BCUT2D eigenvalue weighted by Crippen LogP contribution is -2.04. The van der Waals surface area contributed by atoms with Gasteiger partial charge in [-0.1, -0.05) is 24.3 Å². The number of fused-ring (bicyclic) bond motifs is 1. The van der Waals surface area contributed by atoms with E-state index in [1.54, 1.807) is 36.4 Å². The van der Waals surface area contributed by atoms with E-state index in [2.05, 4.69) is 36.2 Å². The van der Waals surface area contributed by atoms with Crippen molar-refractivity contribution < 1.29 is 9.94 Å². The summed E-state index contributed by atoms with van der Waals surface area (Å²) in [5.41, 5.74) is 16.8. The highest BCUT2D eigenvalue weighted by Gasteiger charge is 2.09. The van der Waals surface area contributed by atoms with Crippen LogP contribution >= 0.6 is 0 Å². The van der Waals surface area contributed by atoms with Gasteiger partial charge in [-0.3, -0.25) is 0 Å². The molecule has 0 aliphatic heterocycles. The lowest BCUT2D eigenvalue weighted by molar-refractivity contribution is 0.405. The average Bonchev–Trinajstić information content (AvgIpc) is 3.08. The lowest BCUT2D eigenvalue weighted by atomic mass is 10.1. The zero-order valence-corrected chi connectivity index (χ0v) is 26.1. The Morgan fingerprint density at radius 1 is 0.553 bits per heavy atom. The Labute approximate surface area is 272 Å². The molecule has 47 heavy (non-hydrogen) atoms. The number of nitrogens with two attached hydrogens (primary N) is 1. The number of phenolic OH excluding ortho intramolecular Hbond substituents is 1. The van der Waals surface area contributed by atoms with Crippen LogP contribution in [-0.2, 0) is 0 Å². The van der Waals surface area contributed by atoms with Crippen molar-refractivity contribution in [2.75, 3.05) is 11.2 Å². The van der Waals surface area contributed by atoms with E-state index < -0.39 is 0 Å². The number of hydrogen-bond donors (Lipinski definition) is 3. The fraction of sp³-hybridized carbons (Fsp3) is 0.0811. The molecule has 0 aliphatic carbocycles. The van der Waals surface area contributed by atoms with E-state index in [-0.39, 0.29) is 5.75 Å². The van der Waals surface area contributed by atoms with E-state index in [1.165, 1.54) is 0 Å². The number of nitrogens with zero attached hydrogens (tertiary/aromatic N) is 6. The third-order valence-electron chi connectivity index (χ3n) is 7.40. The Bertz CT molecular complexity index is 2140. The van der Waals surface area contributed by atoms with Crippen molar-refractivity contribution in [2.24, 2.45) is 30.7 Å². The van der Waals surface area contributed by atoms with Crippen LogP contribution < -0.4 is 16.1 Å². The second-order valence-corrected chi connectivity index (χ2v) is 11.0. The molecule has 232 valence electrons. The van der Waals surface area contributed by atoms with Crippen LogP contribution in [0.15, 0.2) is 146 Å². The van der Waals surface area contributed by atoms with Gasteiger partial charge in [0, 0.05) is 11.1 Å². The summed E-state index contributed by atoms with van der Waals surface area (Å²) in [4.78, 5) is 5.61. The third-order valence-corrected chi connectivity index (χ3v) is 7.40. The van der Waals surface area contributed by atoms with Gasteiger partial charge in [-0.25, -0.2) is 5.48 Å². The molecule has 0 aromatic heterocycles. The summed E-state index contributed by atoms with van der Waals surface area (Å²) in [6.07, 6.45) is 0. The molecule has 0 aliphatic rings. The molecule has 6 aromatic carbocycles. The summed E-state index contributed by atoms with van der Waals surface area (Å²) in [5, 5.41) is 38.8. The van der Waals surface area contributed by atoms with Gasteiger partial charge in [-0.15, -0.1) is 5.11 Å². The Hall–Kier alpha value is -6.42. The first kappa shape index (κ1) is 30.6. The second-order valence-electron chi connectivity index (χ2n) is 11.0. The van der Waals surface area contributed by atoms with Gasteiger partial charge < -0.3 is 15.7 Å². The summed E-state index contributed by atoms with van der Waals surface area (Å²) in [6, 6.07) is 35.3. The van der Waals surface area contributed by atoms with Crippen molar-refractivity contribution >= 4 is 56.3 Å². The molecule has 6 aromatic rings. The van der Waals surface area contributed by atoms with Crippen molar-refractivity contribution in [3.63, 3.8) is 0 Å². The molecule has 0 saturated heterocycles. The molecular weight excluding hydrogens is 588 g/mol. The molecule has 6 rings (SSSR count). The highest BCUT2D eigenvalue weighted by Crippen LogP contribution is 2.38. The summed E-state index contributed by atoms with van der Waals surface area (Å²) in [5.74, 6) is 0.670. The van der Waals surface area contributed by atoms with Crippen LogP contribution in [0, 0.1) is 20.8 Å². The first-order chi connectivity index (χ1) is 22.8. The zero-order chi connectivity index (χ0) is 32.8. The summed E-state index contributed by atoms with van der Waals surface area (Å²) in [6.45, 7) is 5.85. The highest BCUT2D eigenvalue weighted by atomic mass is 16.6. The van der Waals surface area contributed by atoms with Gasteiger partial charge in [-0.2, -0.15) is 25.6 Å². The standard InChI is InChI=1S/C37H32N8O2/c1-23-19-29(13-18-33(23)41-39-28-7-5-4-6-8-28)40-43-35-20-25(3)36(21-24(35)2)44-42-34-17-9-26-22-30(12-16-32(26)37(34)46)45-47-31-14-10-27(38)11-15-31/h4-22,45-46H,38H2,1-3H3. The topological polar surface area (TPSA) is 142 Å². The van der Waals surface area contributed by atoms with Crippen LogP contribution in [0.2, 0.25) is 0 Å². The van der Waals surface area contributed by atoms with Crippen molar-refractivity contribution in [2.45, 2.75) is 20.8 Å². The fourth-order valence-electron chi connectivity index (χ4n) is 4.74. The third kappa shape index (κ3) is 7.46. The van der Waals surface area contributed by atoms with E-state index in [1.807, 2.05) is 99.6 Å². The number of phenols is 1. The van der Waals surface area contributed by atoms with Crippen molar-refractivity contribution in [1.82, 2.24) is 0 Å². The van der Waals surface area contributed by atoms with Crippen LogP contribution in [0.3, 0.4) is 0 Å². The van der Waals surface area contributed by atoms with Crippen LogP contribution in [0.5, 0.6) is 11.5 Å². The first-order valence-electron chi connectivity index (χ1n) is 14.9. The minimum atomic E-state index is 0.0416. The van der Waals surface area contributed by atoms with Crippen LogP contribution in [0.25, 0.3) is 10.8 Å². The maximum absolute atomic E-state index is 11.0. The number of rotatable bonds is 9. The average molecular weight is 621 g/mol. The Balaban J connectivity index is 1.13. The van der Waals surface area contributed by atoms with Crippen LogP contribution in [-0.4, -0.2) is 5.11 Å². The minimum Gasteiger partial charge on any atom is -0.505 e. The van der Waals surface area contributed by atoms with E-state index in [0.717, 1.165) is 44.8 Å². The molecule has 10 nitrogen and oxygen atoms in total. The minimum absolute atomic E-state index is 0.0416. The van der Waals surface area contributed by atoms with Crippen LogP contribution in [0.4, 0.5) is 45.5 Å². The molecule has 0 fully saturated rings. The summed E-state index contributed by atoms with van der Waals surface area (Å²) < 4.78 is 0. The van der Waals surface area contributed by atoms with Crippen molar-refractivity contribution in [1.29, 1.82) is 0 Å². The molecule has 4 N–H and O–H groups in total. The molecule has 0 unspecified atom stereocenters. The number of azo groups is 3. The molecule has 0 bridgehead atoms. The van der Waals surface area contributed by atoms with E-state index in [4.69, 9.17) is 10.6 Å². The van der Waals surface area contributed by atoms with Crippen molar-refractivity contribution in [3.05, 3.63) is 132 Å². The second kappa shape index (κ2) is 13.7. The Kier molecular flexibility index (Phi) is 8.92. The lowest BCUT2D eigenvalue weighted by Gasteiger charge is -2.10. The predicted octanol–water partition coefficient (Wildman–Crippen LogP) is 11.7. The number of anilines is 2. The van der Waals surface area contributed by atoms with Gasteiger partial charge >= 0.3 is 0 Å². The number of aromatic hydroxyl groups is 1. The van der Waals surface area contributed by atoms with Gasteiger partial charge in [-0.05, 0) is 134 Å². The highest BCUT2D eigenvalue weighted by molar-refractivity contribution is 5.94. The first-order valence-corrected chi connectivity index (χ1v) is 14.9. The zero-order valence-electron chi connectivity index (χ0n) is 26.1. The molecule has 0 atom stereocenters. The number of hydrogen-bond acceptors (Lipinski definition) is 10. The molecule has 0 radical (unpaired) electrons. The maximum Gasteiger partial charge on any atom is 0.155 e. The molecule has 10 heteroatoms. The predicted molar refractivity (Wildman–Crippen MR) is 187 cm³/mol. The number of aryl methyl sites for hydroxylation is 3. The summed E-state index contributed by atoms with van der Waals surface area (Å²) >= 11 is 0. The maximum atomic E-state index is 11.0. The number of nitrogen functional groups attached to an aromatic ring is 1. The van der Waals surface area contributed by atoms with Gasteiger partial charge in [0.15, 0.2) is 11.5 Å². The number of benzene rings is 6. The fourth-order valence-corrected chi connectivity index (χ4v) is 4.74. The summed E-state index contributed by atoms with van der Waals surface area (Å²) in [7, 11) is 0. The molecule has 0 saturated carbocycles. The van der Waals surface area contributed by atoms with Gasteiger partial charge in [0.2, 0.25) is 0 Å². The number of nitrogens with one attached hydrogen (secondary N) is 1. The molecular formula is C37H32N8O2. The van der Waals surface area contributed by atoms with Crippen molar-refractivity contribution in [3.8, 4) is 11.5 Å². The molecule has 0 amide bonds. The Morgan fingerprint density at radius 2 is 1.17 bits per heavy atom. The quantitative estimate of drug-likeness (QED) is 0.0839. The van der Waals surface area contributed by atoms with E-state index in [0.29, 0.717) is 33.9 Å². The molecule has 0 heterocycles. The van der Waals surface area contributed by atoms with Gasteiger partial charge in [0.05, 0.1) is 34.1 Å². The smallest absolute Gasteiger partial charge is 0.155 e. The normalized spacial score (nSPS) is 11.6. The van der Waals surface area contributed by atoms with Gasteiger partial charge in [0.1, 0.15) is 5.69 Å². The monoisotopic (exact) mass is 620 g/mol. The van der Waals surface area contributed by atoms with E-state index >= 15 is 0 Å². The Morgan fingerprint density at radius 3 is 1.89 bits per heavy atom. The largest absolute Gasteiger partial charge is 0.505 e. The van der Waals surface area contributed by atoms with E-state index in [9.17, 15) is 5.11 Å². The SMILES string of the molecule is Cc1cc(N=Nc2cc(C)c(N=Nc3ccc4cc(NOc5ccc(N)cc5)ccc4c3O)cc2C)ccc1N=Nc1ccccc1. The molecule has 0 spiro atoms.